The van der Waals surface area contributed by atoms with Crippen LogP contribution in [0.3, 0.4) is 0 Å². The summed E-state index contributed by atoms with van der Waals surface area (Å²) in [5.41, 5.74) is 2.48. The molecule has 1 spiro atoms. The van der Waals surface area contributed by atoms with Gasteiger partial charge in [-0.05, 0) is 81.2 Å². The molecule has 0 saturated carbocycles. The van der Waals surface area contributed by atoms with Gasteiger partial charge in [-0.15, -0.1) is 0 Å². The van der Waals surface area contributed by atoms with Crippen LogP contribution in [0, 0.1) is 0 Å². The van der Waals surface area contributed by atoms with Gasteiger partial charge in [0.2, 0.25) is 11.8 Å². The molecule has 0 saturated heterocycles. The third-order valence-corrected chi connectivity index (χ3v) is 7.56. The molecule has 1 aliphatic heterocycles. The Bertz CT molecular complexity index is 1480. The van der Waals surface area contributed by atoms with E-state index in [0.29, 0.717) is 30.9 Å². The number of benzene rings is 2. The SMILES string of the molecule is CN(C)Cc1ccccc1CN(CC(=O)Nc1ccc2c(c1)C[C@@]1(C2)C(=O)Nc2ncccc21)C(=O)C(C)(C)F. The van der Waals surface area contributed by atoms with Crippen LogP contribution in [0.4, 0.5) is 15.9 Å². The molecule has 1 aliphatic carbocycles. The molecule has 2 heterocycles. The van der Waals surface area contributed by atoms with E-state index in [0.717, 1.165) is 27.8 Å². The normalized spacial score (nSPS) is 17.5. The zero-order valence-corrected chi connectivity index (χ0v) is 23.3. The lowest BCUT2D eigenvalue weighted by atomic mass is 9.79. The second-order valence-electron chi connectivity index (χ2n) is 11.5. The zero-order chi connectivity index (χ0) is 28.7. The highest BCUT2D eigenvalue weighted by molar-refractivity contribution is 6.06. The third-order valence-electron chi connectivity index (χ3n) is 7.56. The number of carbonyl (C=O) groups is 3. The maximum Gasteiger partial charge on any atom is 0.260 e. The van der Waals surface area contributed by atoms with Crippen LogP contribution in [-0.4, -0.2) is 58.8 Å². The maximum absolute atomic E-state index is 14.8. The number of rotatable bonds is 8. The first-order valence-corrected chi connectivity index (χ1v) is 13.3. The largest absolute Gasteiger partial charge is 0.326 e. The summed E-state index contributed by atoms with van der Waals surface area (Å²) < 4.78 is 14.8. The van der Waals surface area contributed by atoms with Crippen molar-refractivity contribution in [3.63, 3.8) is 0 Å². The Morgan fingerprint density at radius 2 is 1.73 bits per heavy atom. The first-order valence-electron chi connectivity index (χ1n) is 13.3. The van der Waals surface area contributed by atoms with Crippen molar-refractivity contribution in [2.24, 2.45) is 0 Å². The third kappa shape index (κ3) is 5.34. The van der Waals surface area contributed by atoms with Gasteiger partial charge < -0.3 is 20.4 Å². The molecule has 0 radical (unpaired) electrons. The topological polar surface area (TPSA) is 94.6 Å². The molecule has 1 aromatic heterocycles. The molecular weight excluding hydrogens is 509 g/mol. The van der Waals surface area contributed by atoms with E-state index in [-0.39, 0.29) is 19.0 Å². The van der Waals surface area contributed by atoms with E-state index in [4.69, 9.17) is 0 Å². The summed E-state index contributed by atoms with van der Waals surface area (Å²) in [5, 5.41) is 5.77. The van der Waals surface area contributed by atoms with Gasteiger partial charge in [-0.25, -0.2) is 9.37 Å². The lowest BCUT2D eigenvalue weighted by molar-refractivity contribution is -0.144. The van der Waals surface area contributed by atoms with E-state index < -0.39 is 22.9 Å². The molecule has 2 N–H and O–H groups in total. The number of alkyl halides is 1. The number of carbonyl (C=O) groups excluding carboxylic acids is 3. The van der Waals surface area contributed by atoms with Crippen LogP contribution in [0.25, 0.3) is 0 Å². The van der Waals surface area contributed by atoms with Crippen LogP contribution in [0.1, 0.15) is 41.7 Å². The van der Waals surface area contributed by atoms with Crippen LogP contribution in [-0.2, 0) is 45.7 Å². The molecule has 3 amide bonds. The predicted octanol–water partition coefficient (Wildman–Crippen LogP) is 3.85. The molecular formula is C31H34FN5O3. The van der Waals surface area contributed by atoms with Crippen LogP contribution in [0.15, 0.2) is 60.8 Å². The molecule has 0 bridgehead atoms. The molecule has 2 aliphatic rings. The van der Waals surface area contributed by atoms with Crippen molar-refractivity contribution in [1.82, 2.24) is 14.8 Å². The van der Waals surface area contributed by atoms with Gasteiger partial charge in [0.25, 0.3) is 5.91 Å². The number of halogens is 1. The molecule has 5 rings (SSSR count). The minimum atomic E-state index is -2.13. The zero-order valence-electron chi connectivity index (χ0n) is 23.3. The summed E-state index contributed by atoms with van der Waals surface area (Å²) in [6.45, 7) is 2.87. The van der Waals surface area contributed by atoms with E-state index in [1.807, 2.05) is 67.5 Å². The van der Waals surface area contributed by atoms with Crippen molar-refractivity contribution in [3.8, 4) is 0 Å². The van der Waals surface area contributed by atoms with Crippen LogP contribution in [0.5, 0.6) is 0 Å². The van der Waals surface area contributed by atoms with Gasteiger partial charge in [-0.3, -0.25) is 14.4 Å². The highest BCUT2D eigenvalue weighted by atomic mass is 19.1. The van der Waals surface area contributed by atoms with E-state index in [1.165, 1.54) is 18.7 Å². The van der Waals surface area contributed by atoms with Crippen LogP contribution >= 0.6 is 0 Å². The molecule has 0 fully saturated rings. The Labute approximate surface area is 233 Å². The predicted molar refractivity (Wildman–Crippen MR) is 151 cm³/mol. The summed E-state index contributed by atoms with van der Waals surface area (Å²) in [4.78, 5) is 46.8. The lowest BCUT2D eigenvalue weighted by Gasteiger charge is -2.28. The lowest BCUT2D eigenvalue weighted by Crippen LogP contribution is -2.45. The Balaban J connectivity index is 1.33. The number of aromatic nitrogens is 1. The molecule has 1 atom stereocenters. The summed E-state index contributed by atoms with van der Waals surface area (Å²) in [6, 6.07) is 17.0. The number of hydrogen-bond donors (Lipinski definition) is 2. The highest BCUT2D eigenvalue weighted by Gasteiger charge is 2.51. The summed E-state index contributed by atoms with van der Waals surface area (Å²) in [6.07, 6.45) is 2.72. The van der Waals surface area contributed by atoms with Crippen LogP contribution < -0.4 is 10.6 Å². The summed E-state index contributed by atoms with van der Waals surface area (Å²) in [5.74, 6) is -0.650. The Morgan fingerprint density at radius 3 is 2.42 bits per heavy atom. The number of nitrogens with one attached hydrogen (secondary N) is 2. The average Bonchev–Trinajstić information content (AvgIpc) is 3.40. The van der Waals surface area contributed by atoms with E-state index >= 15 is 0 Å². The highest BCUT2D eigenvalue weighted by Crippen LogP contribution is 2.46. The second kappa shape index (κ2) is 10.5. The molecule has 9 heteroatoms. The van der Waals surface area contributed by atoms with E-state index in [2.05, 4.69) is 15.6 Å². The van der Waals surface area contributed by atoms with Crippen molar-refractivity contribution in [1.29, 1.82) is 0 Å². The van der Waals surface area contributed by atoms with Crippen LogP contribution in [0.2, 0.25) is 0 Å². The second-order valence-corrected chi connectivity index (χ2v) is 11.5. The molecule has 8 nitrogen and oxygen atoms in total. The standard InChI is InChI=1S/C31H34FN5O3/c1-30(2,32)29(40)37(18-22-9-6-5-8-21(22)17-36(3)4)19-26(38)34-24-12-11-20-15-31(16-23(20)14-24)25-10-7-13-33-27(25)35-28(31)39/h5-14H,15-19H2,1-4H3,(H,34,38)(H,33,35,39)/t31-/m1/s1. The fourth-order valence-corrected chi connectivity index (χ4v) is 5.71. The summed E-state index contributed by atoms with van der Waals surface area (Å²) in [7, 11) is 3.90. The van der Waals surface area contributed by atoms with Crippen molar-refractivity contribution >= 4 is 29.2 Å². The van der Waals surface area contributed by atoms with Gasteiger partial charge in [-0.2, -0.15) is 0 Å². The first-order chi connectivity index (χ1) is 19.0. The Hall–Kier alpha value is -4.11. The van der Waals surface area contributed by atoms with Gasteiger partial charge in [0.05, 0.1) is 5.41 Å². The molecule has 0 unspecified atom stereocenters. The number of fused-ring (bicyclic) bond motifs is 3. The smallest absolute Gasteiger partial charge is 0.260 e. The van der Waals surface area contributed by atoms with Gasteiger partial charge in [0, 0.05) is 30.5 Å². The molecule has 3 aromatic rings. The van der Waals surface area contributed by atoms with Gasteiger partial charge in [0.15, 0.2) is 5.67 Å². The van der Waals surface area contributed by atoms with E-state index in [9.17, 15) is 18.8 Å². The monoisotopic (exact) mass is 543 g/mol. The van der Waals surface area contributed by atoms with Gasteiger partial charge >= 0.3 is 0 Å². The van der Waals surface area contributed by atoms with E-state index in [1.54, 1.807) is 12.3 Å². The number of anilines is 2. The first kappa shape index (κ1) is 27.5. The van der Waals surface area contributed by atoms with Crippen molar-refractivity contribution in [2.75, 3.05) is 31.3 Å². The fraction of sp³-hybridized carbons (Fsp3) is 0.355. The van der Waals surface area contributed by atoms with Crippen molar-refractivity contribution in [2.45, 2.75) is 50.9 Å². The minimum absolute atomic E-state index is 0.0690. The van der Waals surface area contributed by atoms with Crippen molar-refractivity contribution in [3.05, 3.63) is 88.6 Å². The molecule has 208 valence electrons. The number of pyridine rings is 1. The average molecular weight is 544 g/mol. The van der Waals surface area contributed by atoms with Crippen molar-refractivity contribution < 1.29 is 18.8 Å². The quantitative estimate of drug-likeness (QED) is 0.450. The Kier molecular flexibility index (Phi) is 7.18. The minimum Gasteiger partial charge on any atom is -0.326 e. The number of nitrogens with zero attached hydrogens (tertiary/aromatic N) is 3. The molecule has 2 aromatic carbocycles. The number of hydrogen-bond acceptors (Lipinski definition) is 5. The summed E-state index contributed by atoms with van der Waals surface area (Å²) >= 11 is 0. The van der Waals surface area contributed by atoms with Gasteiger partial charge in [0.1, 0.15) is 12.4 Å². The number of amides is 3. The fourth-order valence-electron chi connectivity index (χ4n) is 5.71. The molecule has 40 heavy (non-hydrogen) atoms. The Morgan fingerprint density at radius 1 is 1.02 bits per heavy atom. The van der Waals surface area contributed by atoms with Gasteiger partial charge in [-0.1, -0.05) is 36.4 Å². The maximum atomic E-state index is 14.8.